The molecule has 0 amide bonds. The van der Waals surface area contributed by atoms with E-state index in [9.17, 15) is 4.79 Å². The van der Waals surface area contributed by atoms with E-state index in [1.165, 1.54) is 10.6 Å². The minimum atomic E-state index is -0.0426. The highest BCUT2D eigenvalue weighted by Crippen LogP contribution is 2.28. The van der Waals surface area contributed by atoms with Crippen LogP contribution in [0.5, 0.6) is 0 Å². The number of hydrogen-bond donors (Lipinski definition) is 1. The third kappa shape index (κ3) is 3.31. The van der Waals surface area contributed by atoms with Crippen molar-refractivity contribution in [1.82, 2.24) is 4.57 Å². The van der Waals surface area contributed by atoms with Crippen LogP contribution in [0.4, 0.5) is 5.69 Å². The standard InChI is InChI=1S/C14H14Cl2N2O/c1-9(12-7-10(15)3-5-13(12)16)17-11-4-6-14(19)18(2)8-11/h3-9,17H,1-2H3. The third-order valence-corrected chi connectivity index (χ3v) is 3.47. The zero-order valence-electron chi connectivity index (χ0n) is 10.7. The Morgan fingerprint density at radius 3 is 2.63 bits per heavy atom. The number of hydrogen-bond acceptors (Lipinski definition) is 2. The summed E-state index contributed by atoms with van der Waals surface area (Å²) in [4.78, 5) is 11.3. The molecule has 0 bridgehead atoms. The second-order valence-electron chi connectivity index (χ2n) is 4.40. The molecule has 1 aromatic heterocycles. The summed E-state index contributed by atoms with van der Waals surface area (Å²) in [5, 5.41) is 4.60. The molecule has 0 radical (unpaired) electrons. The van der Waals surface area contributed by atoms with Crippen LogP contribution < -0.4 is 10.9 Å². The van der Waals surface area contributed by atoms with Gasteiger partial charge in [-0.25, -0.2) is 0 Å². The molecular formula is C14H14Cl2N2O. The average Bonchev–Trinajstić information content (AvgIpc) is 2.36. The zero-order chi connectivity index (χ0) is 14.0. The summed E-state index contributed by atoms with van der Waals surface area (Å²) in [5.74, 6) is 0. The minimum absolute atomic E-state index is 0.0105. The van der Waals surface area contributed by atoms with E-state index in [1.807, 2.05) is 13.0 Å². The lowest BCUT2D eigenvalue weighted by Gasteiger charge is -2.17. The lowest BCUT2D eigenvalue weighted by atomic mass is 10.1. The van der Waals surface area contributed by atoms with Crippen molar-refractivity contribution in [3.8, 4) is 0 Å². The molecular weight excluding hydrogens is 283 g/mol. The molecule has 0 aliphatic rings. The molecule has 0 aliphatic carbocycles. The van der Waals surface area contributed by atoms with Crippen LogP contribution in [0.15, 0.2) is 41.3 Å². The van der Waals surface area contributed by atoms with Gasteiger partial charge in [-0.1, -0.05) is 23.2 Å². The average molecular weight is 297 g/mol. The van der Waals surface area contributed by atoms with Crippen LogP contribution in [0.2, 0.25) is 10.0 Å². The topological polar surface area (TPSA) is 34.0 Å². The molecule has 0 aliphatic heterocycles. The van der Waals surface area contributed by atoms with E-state index < -0.39 is 0 Å². The van der Waals surface area contributed by atoms with Crippen LogP contribution in [0.25, 0.3) is 0 Å². The van der Waals surface area contributed by atoms with Crippen LogP contribution in [0, 0.1) is 0 Å². The molecule has 0 saturated carbocycles. The zero-order valence-corrected chi connectivity index (χ0v) is 12.2. The molecule has 2 aromatic rings. The van der Waals surface area contributed by atoms with Gasteiger partial charge < -0.3 is 9.88 Å². The first-order valence-corrected chi connectivity index (χ1v) is 6.61. The molecule has 100 valence electrons. The fourth-order valence-corrected chi connectivity index (χ4v) is 2.32. The van der Waals surface area contributed by atoms with Crippen LogP contribution in [0.3, 0.4) is 0 Å². The highest BCUT2D eigenvalue weighted by molar-refractivity contribution is 6.33. The van der Waals surface area contributed by atoms with Gasteiger partial charge in [0.1, 0.15) is 0 Å². The van der Waals surface area contributed by atoms with Crippen molar-refractivity contribution in [2.24, 2.45) is 7.05 Å². The van der Waals surface area contributed by atoms with Crippen molar-refractivity contribution in [3.05, 3.63) is 62.5 Å². The van der Waals surface area contributed by atoms with E-state index in [4.69, 9.17) is 23.2 Å². The highest BCUT2D eigenvalue weighted by Gasteiger charge is 2.10. The summed E-state index contributed by atoms with van der Waals surface area (Å²) in [5.41, 5.74) is 1.73. The second-order valence-corrected chi connectivity index (χ2v) is 5.24. The molecule has 0 saturated heterocycles. The first-order chi connectivity index (χ1) is 8.97. The van der Waals surface area contributed by atoms with Gasteiger partial charge in [-0.3, -0.25) is 4.79 Å². The van der Waals surface area contributed by atoms with Crippen molar-refractivity contribution >= 4 is 28.9 Å². The molecule has 0 spiro atoms. The number of anilines is 1. The number of rotatable bonds is 3. The molecule has 2 rings (SSSR count). The first kappa shape index (κ1) is 14.0. The first-order valence-electron chi connectivity index (χ1n) is 5.85. The Kier molecular flexibility index (Phi) is 4.17. The van der Waals surface area contributed by atoms with E-state index in [1.54, 1.807) is 31.4 Å². The number of aryl methyl sites for hydroxylation is 1. The predicted molar refractivity (Wildman–Crippen MR) is 80.2 cm³/mol. The lowest BCUT2D eigenvalue weighted by molar-refractivity contribution is 0.840. The normalized spacial score (nSPS) is 12.2. The highest BCUT2D eigenvalue weighted by atomic mass is 35.5. The summed E-state index contributed by atoms with van der Waals surface area (Å²) in [6, 6.07) is 8.63. The van der Waals surface area contributed by atoms with E-state index in [0.29, 0.717) is 10.0 Å². The maximum absolute atomic E-state index is 11.3. The van der Waals surface area contributed by atoms with Gasteiger partial charge in [0.2, 0.25) is 5.56 Å². The Morgan fingerprint density at radius 2 is 1.95 bits per heavy atom. The van der Waals surface area contributed by atoms with Crippen LogP contribution in [-0.2, 0) is 7.05 Å². The Morgan fingerprint density at radius 1 is 1.21 bits per heavy atom. The largest absolute Gasteiger partial charge is 0.377 e. The number of nitrogens with zero attached hydrogens (tertiary/aromatic N) is 1. The Hall–Kier alpha value is -1.45. The molecule has 1 atom stereocenters. The molecule has 5 heteroatoms. The van der Waals surface area contributed by atoms with Crippen molar-refractivity contribution in [2.75, 3.05) is 5.32 Å². The maximum Gasteiger partial charge on any atom is 0.250 e. The molecule has 1 N–H and O–H groups in total. The molecule has 19 heavy (non-hydrogen) atoms. The molecule has 1 unspecified atom stereocenters. The monoisotopic (exact) mass is 296 g/mol. The molecule has 1 heterocycles. The van der Waals surface area contributed by atoms with Gasteiger partial charge in [0.25, 0.3) is 0 Å². The quantitative estimate of drug-likeness (QED) is 0.933. The second kappa shape index (κ2) is 5.68. The fourth-order valence-electron chi connectivity index (χ4n) is 1.85. The van der Waals surface area contributed by atoms with Gasteiger partial charge in [0.15, 0.2) is 0 Å². The summed E-state index contributed by atoms with van der Waals surface area (Å²) < 4.78 is 1.52. The SMILES string of the molecule is CC(Nc1ccc(=O)n(C)c1)c1cc(Cl)ccc1Cl. The smallest absolute Gasteiger partial charge is 0.250 e. The summed E-state index contributed by atoms with van der Waals surface area (Å²) >= 11 is 12.1. The van der Waals surface area contributed by atoms with Gasteiger partial charge >= 0.3 is 0 Å². The Labute approximate surface area is 121 Å². The van der Waals surface area contributed by atoms with E-state index in [0.717, 1.165) is 11.3 Å². The van der Waals surface area contributed by atoms with Gasteiger partial charge in [-0.15, -0.1) is 0 Å². The maximum atomic E-state index is 11.3. The number of pyridine rings is 1. The van der Waals surface area contributed by atoms with Gasteiger partial charge in [-0.05, 0) is 36.8 Å². The van der Waals surface area contributed by atoms with E-state index in [2.05, 4.69) is 5.32 Å². The summed E-state index contributed by atoms with van der Waals surface area (Å²) in [6.07, 6.45) is 1.75. The van der Waals surface area contributed by atoms with Crippen LogP contribution in [0.1, 0.15) is 18.5 Å². The third-order valence-electron chi connectivity index (χ3n) is 2.89. The summed E-state index contributed by atoms with van der Waals surface area (Å²) in [7, 11) is 1.71. The number of nitrogens with one attached hydrogen (secondary N) is 1. The Balaban J connectivity index is 2.25. The number of halogens is 2. The van der Waals surface area contributed by atoms with Crippen molar-refractivity contribution < 1.29 is 0 Å². The lowest BCUT2D eigenvalue weighted by Crippen LogP contribution is -2.16. The molecule has 1 aromatic carbocycles. The van der Waals surface area contributed by atoms with Crippen molar-refractivity contribution in [2.45, 2.75) is 13.0 Å². The number of aromatic nitrogens is 1. The molecule has 0 fully saturated rings. The van der Waals surface area contributed by atoms with Crippen molar-refractivity contribution in [3.63, 3.8) is 0 Å². The fraction of sp³-hybridized carbons (Fsp3) is 0.214. The van der Waals surface area contributed by atoms with Gasteiger partial charge in [0.05, 0.1) is 11.7 Å². The van der Waals surface area contributed by atoms with Gasteiger partial charge in [-0.2, -0.15) is 0 Å². The minimum Gasteiger partial charge on any atom is -0.377 e. The predicted octanol–water partition coefficient (Wildman–Crippen LogP) is 3.87. The van der Waals surface area contributed by atoms with Gasteiger partial charge in [0, 0.05) is 29.4 Å². The van der Waals surface area contributed by atoms with Crippen LogP contribution >= 0.6 is 23.2 Å². The summed E-state index contributed by atoms with van der Waals surface area (Å²) in [6.45, 7) is 1.99. The van der Waals surface area contributed by atoms with E-state index in [-0.39, 0.29) is 11.6 Å². The van der Waals surface area contributed by atoms with Crippen LogP contribution in [-0.4, -0.2) is 4.57 Å². The van der Waals surface area contributed by atoms with E-state index >= 15 is 0 Å². The molecule has 3 nitrogen and oxygen atoms in total. The van der Waals surface area contributed by atoms with Crippen molar-refractivity contribution in [1.29, 1.82) is 0 Å². The number of benzene rings is 1. The Bertz CT molecular complexity index is 652.